The van der Waals surface area contributed by atoms with E-state index in [1.54, 1.807) is 0 Å². The number of ether oxygens (including phenoxy) is 1. The van der Waals surface area contributed by atoms with Crippen LogP contribution in [0.3, 0.4) is 0 Å². The summed E-state index contributed by atoms with van der Waals surface area (Å²) in [6.07, 6.45) is 6.49. The molecule has 3 aliphatic carbocycles. The van der Waals surface area contributed by atoms with Crippen molar-refractivity contribution >= 4 is 18.0 Å². The van der Waals surface area contributed by atoms with E-state index in [9.17, 15) is 19.5 Å². The number of aliphatic carboxylic acids is 1. The van der Waals surface area contributed by atoms with Gasteiger partial charge in [-0.3, -0.25) is 4.79 Å². The molecule has 4 atom stereocenters. The lowest BCUT2D eigenvalue weighted by atomic mass is 9.98. The maximum atomic E-state index is 12.8. The molecule has 3 N–H and O–H groups in total. The highest BCUT2D eigenvalue weighted by Crippen LogP contribution is 2.63. The third-order valence-corrected chi connectivity index (χ3v) is 7.45. The number of terminal acetylenes is 1. The SMILES string of the molecule is C#CCC(NC(=O)C12CC(NC(=O)OCC3c4ccccc4-c4ccccc43)CC1C2)C(=O)O. The lowest BCUT2D eigenvalue weighted by Gasteiger charge is -2.20. The standard InChI is InChI=1S/C27H26N2O5/c1-2-7-23(24(30)31)29-25(32)27-13-16(27)12-17(14-27)28-26(33)34-15-22-20-10-5-3-8-18(20)19-9-4-6-11-21(19)22/h1,3-6,8-11,16-17,22-23H,7,12-15H2,(H,28,33)(H,29,32)(H,30,31). The van der Waals surface area contributed by atoms with Crippen molar-refractivity contribution in [2.75, 3.05) is 6.61 Å². The Morgan fingerprint density at radius 2 is 1.74 bits per heavy atom. The first-order valence-electron chi connectivity index (χ1n) is 11.5. The van der Waals surface area contributed by atoms with Gasteiger partial charge in [-0.15, -0.1) is 12.3 Å². The van der Waals surface area contributed by atoms with E-state index in [0.717, 1.165) is 11.1 Å². The number of alkyl carbamates (subject to hydrolysis) is 1. The Kier molecular flexibility index (Phi) is 5.52. The Morgan fingerprint density at radius 3 is 2.35 bits per heavy atom. The van der Waals surface area contributed by atoms with E-state index < -0.39 is 23.5 Å². The molecule has 2 aromatic carbocycles. The average molecular weight is 459 g/mol. The molecule has 0 aliphatic heterocycles. The normalized spacial score (nSPS) is 24.7. The van der Waals surface area contributed by atoms with Crippen molar-refractivity contribution in [3.63, 3.8) is 0 Å². The summed E-state index contributed by atoms with van der Waals surface area (Å²) in [4.78, 5) is 36.7. The van der Waals surface area contributed by atoms with Crippen molar-refractivity contribution in [2.24, 2.45) is 11.3 Å². The molecule has 0 aromatic heterocycles. The summed E-state index contributed by atoms with van der Waals surface area (Å²) in [5.41, 5.74) is 4.01. The van der Waals surface area contributed by atoms with Crippen LogP contribution in [-0.4, -0.2) is 41.8 Å². The third-order valence-electron chi connectivity index (χ3n) is 7.45. The zero-order valence-electron chi connectivity index (χ0n) is 18.6. The minimum atomic E-state index is -1.15. The number of nitrogens with one attached hydrogen (secondary N) is 2. The molecule has 2 fully saturated rings. The van der Waals surface area contributed by atoms with Crippen molar-refractivity contribution in [3.8, 4) is 23.5 Å². The molecule has 0 radical (unpaired) electrons. The van der Waals surface area contributed by atoms with Crippen LogP contribution in [0.15, 0.2) is 48.5 Å². The minimum Gasteiger partial charge on any atom is -0.480 e. The molecule has 0 saturated heterocycles. The average Bonchev–Trinajstić information content (AvgIpc) is 3.25. The molecule has 5 rings (SSSR count). The van der Waals surface area contributed by atoms with Gasteiger partial charge in [0.2, 0.25) is 5.91 Å². The predicted octanol–water partition coefficient (Wildman–Crippen LogP) is 3.29. The van der Waals surface area contributed by atoms with Crippen molar-refractivity contribution in [3.05, 3.63) is 59.7 Å². The van der Waals surface area contributed by atoms with Gasteiger partial charge in [0.15, 0.2) is 0 Å². The Hall–Kier alpha value is -3.79. The molecule has 2 saturated carbocycles. The number of hydrogen-bond acceptors (Lipinski definition) is 4. The van der Waals surface area contributed by atoms with E-state index in [1.807, 2.05) is 24.3 Å². The summed E-state index contributed by atoms with van der Waals surface area (Å²) < 4.78 is 5.62. The summed E-state index contributed by atoms with van der Waals surface area (Å²) in [6.45, 7) is 0.230. The molecule has 2 amide bonds. The lowest BCUT2D eigenvalue weighted by Crippen LogP contribution is -2.45. The molecule has 34 heavy (non-hydrogen) atoms. The van der Waals surface area contributed by atoms with Gasteiger partial charge < -0.3 is 20.5 Å². The Balaban J connectivity index is 1.17. The van der Waals surface area contributed by atoms with Crippen LogP contribution in [0.4, 0.5) is 4.79 Å². The van der Waals surface area contributed by atoms with E-state index >= 15 is 0 Å². The van der Waals surface area contributed by atoms with E-state index in [2.05, 4.69) is 40.8 Å². The smallest absolute Gasteiger partial charge is 0.407 e. The topological polar surface area (TPSA) is 105 Å². The minimum absolute atomic E-state index is 0.0173. The number of amides is 2. The zero-order chi connectivity index (χ0) is 23.9. The summed E-state index contributed by atoms with van der Waals surface area (Å²) in [7, 11) is 0. The Bertz CT molecular complexity index is 1160. The van der Waals surface area contributed by atoms with Crippen LogP contribution in [0.25, 0.3) is 11.1 Å². The number of carbonyl (C=O) groups is 3. The van der Waals surface area contributed by atoms with Crippen LogP contribution >= 0.6 is 0 Å². The highest BCUT2D eigenvalue weighted by molar-refractivity contribution is 5.90. The van der Waals surface area contributed by atoms with Crippen LogP contribution in [0.1, 0.15) is 42.7 Å². The lowest BCUT2D eigenvalue weighted by molar-refractivity contribution is -0.142. The van der Waals surface area contributed by atoms with Gasteiger partial charge in [-0.05, 0) is 47.4 Å². The number of carboxylic acids is 1. The molecule has 4 unspecified atom stereocenters. The summed E-state index contributed by atoms with van der Waals surface area (Å²) in [6, 6.07) is 15.0. The molecule has 3 aliphatic rings. The molecular formula is C27H26N2O5. The molecule has 0 spiro atoms. The maximum absolute atomic E-state index is 12.8. The van der Waals surface area contributed by atoms with Crippen molar-refractivity contribution in [1.82, 2.24) is 10.6 Å². The number of carboxylic acid groups (broad SMARTS) is 1. The first-order valence-corrected chi connectivity index (χ1v) is 11.5. The van der Waals surface area contributed by atoms with Crippen molar-refractivity contribution in [2.45, 2.75) is 43.7 Å². The van der Waals surface area contributed by atoms with Gasteiger partial charge in [-0.2, -0.15) is 0 Å². The fraction of sp³-hybridized carbons (Fsp3) is 0.370. The van der Waals surface area contributed by atoms with Gasteiger partial charge in [0.1, 0.15) is 12.6 Å². The molecule has 0 heterocycles. The second-order valence-electron chi connectivity index (χ2n) is 9.44. The van der Waals surface area contributed by atoms with Crippen LogP contribution < -0.4 is 10.6 Å². The van der Waals surface area contributed by atoms with Crippen molar-refractivity contribution in [1.29, 1.82) is 0 Å². The second kappa shape index (κ2) is 8.53. The molecule has 0 bridgehead atoms. The zero-order valence-corrected chi connectivity index (χ0v) is 18.6. The van der Waals surface area contributed by atoms with Gasteiger partial charge in [-0.1, -0.05) is 48.5 Å². The number of rotatable bonds is 7. The van der Waals surface area contributed by atoms with Gasteiger partial charge in [0, 0.05) is 18.4 Å². The van der Waals surface area contributed by atoms with E-state index in [-0.39, 0.29) is 36.8 Å². The van der Waals surface area contributed by atoms with Crippen LogP contribution in [0, 0.1) is 23.7 Å². The number of hydrogen-bond donors (Lipinski definition) is 3. The highest BCUT2D eigenvalue weighted by Gasteiger charge is 2.65. The largest absolute Gasteiger partial charge is 0.480 e. The maximum Gasteiger partial charge on any atom is 0.407 e. The number of benzene rings is 2. The Morgan fingerprint density at radius 1 is 1.09 bits per heavy atom. The fourth-order valence-corrected chi connectivity index (χ4v) is 5.71. The fourth-order valence-electron chi connectivity index (χ4n) is 5.71. The van der Waals surface area contributed by atoms with Crippen molar-refractivity contribution < 1.29 is 24.2 Å². The van der Waals surface area contributed by atoms with Gasteiger partial charge >= 0.3 is 12.1 Å². The van der Waals surface area contributed by atoms with Crippen LogP contribution in [0.2, 0.25) is 0 Å². The van der Waals surface area contributed by atoms with E-state index in [0.29, 0.717) is 19.3 Å². The van der Waals surface area contributed by atoms with Crippen LogP contribution in [-0.2, 0) is 14.3 Å². The summed E-state index contributed by atoms with van der Waals surface area (Å²) in [5.74, 6) is 0.959. The van der Waals surface area contributed by atoms with Crippen LogP contribution in [0.5, 0.6) is 0 Å². The Labute approximate surface area is 197 Å². The van der Waals surface area contributed by atoms with E-state index in [4.69, 9.17) is 11.2 Å². The first-order chi connectivity index (χ1) is 16.4. The quantitative estimate of drug-likeness (QED) is 0.553. The predicted molar refractivity (Wildman–Crippen MR) is 125 cm³/mol. The molecular weight excluding hydrogens is 432 g/mol. The molecule has 174 valence electrons. The summed E-state index contributed by atoms with van der Waals surface area (Å²) in [5, 5.41) is 14.7. The second-order valence-corrected chi connectivity index (χ2v) is 9.44. The number of carbonyl (C=O) groups excluding carboxylic acids is 2. The molecule has 7 heteroatoms. The highest BCUT2D eigenvalue weighted by atomic mass is 16.5. The molecule has 2 aromatic rings. The van der Waals surface area contributed by atoms with Gasteiger partial charge in [0.25, 0.3) is 0 Å². The third kappa shape index (κ3) is 3.79. The first kappa shape index (κ1) is 22.0. The number of fused-ring (bicyclic) bond motifs is 4. The molecule has 7 nitrogen and oxygen atoms in total. The summed E-state index contributed by atoms with van der Waals surface area (Å²) >= 11 is 0. The van der Waals surface area contributed by atoms with Gasteiger partial charge in [-0.25, -0.2) is 9.59 Å². The monoisotopic (exact) mass is 458 g/mol. The van der Waals surface area contributed by atoms with Gasteiger partial charge in [0.05, 0.1) is 5.41 Å². The van der Waals surface area contributed by atoms with E-state index in [1.165, 1.54) is 11.1 Å².